The quantitative estimate of drug-likeness (QED) is 0.0118. The Labute approximate surface area is 813 Å². The van der Waals surface area contributed by atoms with Gasteiger partial charge in [0.1, 0.15) is 115 Å². The van der Waals surface area contributed by atoms with Gasteiger partial charge < -0.3 is 112 Å². The molecule has 0 spiro atoms. The van der Waals surface area contributed by atoms with E-state index in [-0.39, 0.29) is 70.3 Å². The van der Waals surface area contributed by atoms with Crippen molar-refractivity contribution < 1.29 is 148 Å². The van der Waals surface area contributed by atoms with Gasteiger partial charge in [-0.1, -0.05) is 12.2 Å². The number of rotatable bonds is 41. The van der Waals surface area contributed by atoms with E-state index in [0.29, 0.717) is 18.1 Å². The molecule has 8 aromatic heterocycles. The van der Waals surface area contributed by atoms with Gasteiger partial charge in [0.05, 0.1) is 96.3 Å². The second kappa shape index (κ2) is 42.3. The van der Waals surface area contributed by atoms with Crippen LogP contribution in [0.5, 0.6) is 0 Å². The predicted octanol–water partition coefficient (Wildman–Crippen LogP) is -1.50. The number of aryl methyl sites for hydroxylation is 4. The predicted molar refractivity (Wildman–Crippen MR) is 497 cm³/mol. The number of nitrogens with one attached hydrogen (secondary N) is 4. The zero-order valence-electron chi connectivity index (χ0n) is 74.8. The summed E-state index contributed by atoms with van der Waals surface area (Å²) in [4.78, 5) is 200. The second-order valence-corrected chi connectivity index (χ2v) is 51.3. The summed E-state index contributed by atoms with van der Waals surface area (Å²) in [6, 6.07) is 0. The number of hydrogen-bond donors (Lipinski definition) is 14. The lowest BCUT2D eigenvalue weighted by Crippen LogP contribution is -2.51. The van der Waals surface area contributed by atoms with Crippen LogP contribution in [0.2, 0.25) is 0 Å². The van der Waals surface area contributed by atoms with Crippen LogP contribution in [0.15, 0.2) is 90.4 Å². The molecule has 7 aliphatic rings. The van der Waals surface area contributed by atoms with Gasteiger partial charge in [-0.25, -0.2) is 60.5 Å². The first-order valence-electron chi connectivity index (χ1n) is 41.7. The maximum Gasteiger partial charge on any atom is 0.386 e. The number of anilines is 3. The molecule has 0 aromatic carbocycles. The van der Waals surface area contributed by atoms with Gasteiger partial charge in [-0.2, -0.15) is 9.97 Å². The number of nitrogens with two attached hydrogens (primary N) is 3. The zero-order chi connectivity index (χ0) is 102. The van der Waals surface area contributed by atoms with Gasteiger partial charge in [-0.15, -0.1) is 8.30 Å². The first-order valence-corrected chi connectivity index (χ1v) is 58.9. The number of fused-ring (bicyclic) bond motifs is 4. The Kier molecular flexibility index (Phi) is 32.5. The molecule has 0 saturated carbocycles. The molecule has 0 aliphatic carbocycles. The van der Waals surface area contributed by atoms with E-state index in [4.69, 9.17) is 150 Å². The third-order valence-corrected chi connectivity index (χ3v) is 35.4. The van der Waals surface area contributed by atoms with E-state index >= 15 is 4.57 Å². The van der Waals surface area contributed by atoms with Crippen LogP contribution < -0.4 is 62.2 Å². The lowest BCUT2D eigenvalue weighted by atomic mass is 9.94. The van der Waals surface area contributed by atoms with E-state index in [1.165, 1.54) is 58.2 Å². The average molecular weight is 2220 g/mol. The van der Waals surface area contributed by atoms with E-state index in [1.54, 1.807) is 6.92 Å². The summed E-state index contributed by atoms with van der Waals surface area (Å²) in [6.45, 7) is -17.9. The smallest absolute Gasteiger partial charge is 0.386 e. The molecule has 0 amide bonds. The molecule has 15 heterocycles. The molecule has 61 nitrogen and oxygen atoms in total. The fraction of sp³-hybridized carbons (Fsp3) is 0.618. The van der Waals surface area contributed by atoms with Gasteiger partial charge in [0.15, 0.2) is 35.1 Å². The average Bonchev–Trinajstić information content (AvgIpc) is 1.54. The molecule has 7 saturated heterocycles. The van der Waals surface area contributed by atoms with Crippen LogP contribution in [0.25, 0.3) is 22.3 Å². The van der Waals surface area contributed by atoms with E-state index in [1.807, 2.05) is 0 Å². The first-order chi connectivity index (χ1) is 66.1. The monoisotopic (exact) mass is 2220 g/mol. The molecular formula is C68H95N21O40P6S6. The number of hydrogen-bond acceptors (Lipinski definition) is 47. The number of thiol groups is 1. The van der Waals surface area contributed by atoms with Gasteiger partial charge in [0.2, 0.25) is 5.95 Å². The molecule has 141 heavy (non-hydrogen) atoms. The summed E-state index contributed by atoms with van der Waals surface area (Å²) in [5, 5.41) is 10.8. The number of methoxy groups -OCH3 is 1. The molecule has 73 heteroatoms. The lowest BCUT2D eigenvalue weighted by Gasteiger charge is -2.37. The van der Waals surface area contributed by atoms with Gasteiger partial charge in [-0.3, -0.25) is 98.2 Å². The van der Waals surface area contributed by atoms with Crippen molar-refractivity contribution in [3.05, 3.63) is 149 Å². The number of aromatic nitrogens is 16. The number of imidazole rings is 2. The molecule has 27 atom stereocenters. The van der Waals surface area contributed by atoms with Gasteiger partial charge in [0.25, 0.3) is 42.3 Å². The Morgan fingerprint density at radius 3 is 1.52 bits per heavy atom. The van der Waals surface area contributed by atoms with Crippen LogP contribution in [-0.4, -0.2) is 294 Å². The molecular weight excluding hydrogens is 2130 g/mol. The second-order valence-electron chi connectivity index (χ2n) is 32.8. The SMILES string of the molecule is COCCOC1[C@@H](OP(O)(=S)OC[C@]23O[C@@H](n4cc(C)c(=O)[nH]c4=O)C(O[C@H]2C)[C@H]3OP(=O)(S)OC[C@H]2O[C@@H](n3cc(C)c(=O)[nH]c3=O)C[C@H]2OP(O)(=NS(C)(=O)=O)OC[C@H]2O[C@@H](n3cnc4c(=O)[nH]c(N)nc43)C[C@H]2OP(O)(=NS(C)(=O)=O)OC[C@H]2O[C@@H](n3cc(C)c(=O)[nH]c3=O)C[C@H]2OP(O)(=S)OC[C@H]2O[C@@H](n3cc(C)c(N)nc3=O)C[C@H]2OP(O)(=S)OC)[C@@H](CO)O[C@H]1n1cnc2c(N)ncnc21. The van der Waals surface area contributed by atoms with Crippen LogP contribution in [0.4, 0.5) is 17.6 Å². The lowest BCUT2D eigenvalue weighted by molar-refractivity contribution is -0.216. The molecule has 7 aliphatic heterocycles. The van der Waals surface area contributed by atoms with Crippen molar-refractivity contribution in [1.29, 1.82) is 0 Å². The van der Waals surface area contributed by atoms with Crippen LogP contribution in [0, 0.1) is 27.7 Å². The van der Waals surface area contributed by atoms with Crippen molar-refractivity contribution in [3.63, 3.8) is 0 Å². The van der Waals surface area contributed by atoms with Gasteiger partial charge in [0, 0.05) is 86.9 Å². The summed E-state index contributed by atoms with van der Waals surface area (Å²) in [6.07, 6.45) is -24.3. The van der Waals surface area contributed by atoms with Gasteiger partial charge >= 0.3 is 65.2 Å². The highest BCUT2D eigenvalue weighted by molar-refractivity contribution is 8.44. The largest absolute Gasteiger partial charge is 0.394 e. The van der Waals surface area contributed by atoms with Gasteiger partial charge in [-0.05, 0) is 70.0 Å². The van der Waals surface area contributed by atoms with Crippen LogP contribution >= 0.6 is 54.7 Å². The third-order valence-electron chi connectivity index (χ3n) is 22.9. The van der Waals surface area contributed by atoms with E-state index in [9.17, 15) is 84.8 Å². The number of nitrogens with zero attached hydrogens (tertiary/aromatic N) is 14. The topological polar surface area (TPSA) is 810 Å². The summed E-state index contributed by atoms with van der Waals surface area (Å²) in [7, 11) is -18.6. The number of aliphatic hydroxyl groups is 1. The number of ether oxygens (including phenoxy) is 9. The van der Waals surface area contributed by atoms with Crippen LogP contribution in [-0.2, 0) is 157 Å². The molecule has 8 aromatic rings. The Bertz CT molecular complexity index is 7220. The van der Waals surface area contributed by atoms with Crippen molar-refractivity contribution >= 4 is 150 Å². The molecule has 16 N–H and O–H groups in total. The highest BCUT2D eigenvalue weighted by Crippen LogP contribution is 2.64. The minimum absolute atomic E-state index is 0.00490. The molecule has 2 bridgehead atoms. The Morgan fingerprint density at radius 1 is 0.518 bits per heavy atom. The summed E-state index contributed by atoms with van der Waals surface area (Å²) >= 11 is 20.7. The van der Waals surface area contributed by atoms with E-state index < -0.39 is 301 Å². The van der Waals surface area contributed by atoms with E-state index in [2.05, 4.69) is 70.4 Å². The Balaban J connectivity index is 0.707. The fourth-order valence-corrected chi connectivity index (χ4v) is 27.3. The maximum absolute atomic E-state index is 15.4. The van der Waals surface area contributed by atoms with Crippen molar-refractivity contribution in [1.82, 2.24) is 77.2 Å². The minimum atomic E-state index is -5.62. The highest BCUT2D eigenvalue weighted by atomic mass is 32.7. The standard InChI is InChI=1S/C68H95N21O40P6S6/c1-29-16-84(64(95)76-53(29)69)44-14-36(126-132(101,136)110-7)42(120-44)24-114-133(102,137)127-37-15-45(86-18-31(3)58(92)80-66(86)97)118-40(37)22-113-131(100,83-141(9,107)108)125-35-13-46(88-27-75-48-56(88)77-63(71)78-60(48)94)121-39(35)21-112-130(99,82-140(8,105)106)124-34-12-43(85-17-30(2)57(91)79-65(85)96)119-41(34)23-115-134(103,138)129-52-51-62(87-19-32(4)59(93)81-67(87)98)123-68(52,33(5)117-51)25-116-135(104,139)128-49-38(20-90)122-61(50(49)111-11-10-109-6)89-28-74-47-54(70)72-26-73-55(47)89/h16-19,26-28,33-46,49-52,61-62,90,99-100H,10-15,20-25H2,1-9H3,(H,101,136)(H,102,137)(H,103,138)(H,104,139)(H2,69,76,95)(H2,70,72,73)(H,79,91,96)(H,80,92,97)(H,81,93,98)(H3,71,77,78,94)/t33-,34+,35+,36+,37+,38+,39+,40+,41+,42+,43+,44+,45+,46+,49-,50?,51?,52+,61+,62+,68-,130?,131?,132?,133?,134?,135?/m0/s1. The minimum Gasteiger partial charge on any atom is -0.394 e. The number of sulfonamides is 2. The van der Waals surface area contributed by atoms with Crippen molar-refractivity contribution in [2.24, 2.45) is 8.30 Å². The number of aromatic amines is 4. The molecule has 8 unspecified atom stereocenters. The van der Waals surface area contributed by atoms with Crippen LogP contribution in [0.3, 0.4) is 0 Å². The van der Waals surface area contributed by atoms with Crippen molar-refractivity contribution in [2.75, 3.05) is 96.8 Å². The number of H-pyrrole nitrogens is 4. The number of aliphatic hydroxyl groups excluding tert-OH is 1. The summed E-state index contributed by atoms with van der Waals surface area (Å²) in [5.74, 6) is -0.539. The Morgan fingerprint density at radius 2 is 0.993 bits per heavy atom. The Hall–Kier alpha value is -6.97. The van der Waals surface area contributed by atoms with E-state index in [0.717, 1.165) is 54.9 Å². The normalized spacial score (nSPS) is 30.1. The molecule has 7 fully saturated rings. The van der Waals surface area contributed by atoms with Crippen molar-refractivity contribution in [3.8, 4) is 0 Å². The zero-order valence-corrected chi connectivity index (χ0v) is 85.1. The molecule has 0 radical (unpaired) electrons. The van der Waals surface area contributed by atoms with Crippen LogP contribution in [0.1, 0.15) is 92.2 Å². The number of nitrogen functional groups attached to an aromatic ring is 3. The summed E-state index contributed by atoms with van der Waals surface area (Å²) < 4.78 is 211. The molecule has 778 valence electrons. The summed E-state index contributed by atoms with van der Waals surface area (Å²) in [5.41, 5.74) is 8.25. The fourth-order valence-electron chi connectivity index (χ4n) is 16.3. The first kappa shape index (κ1) is 108. The maximum atomic E-state index is 15.4. The highest BCUT2D eigenvalue weighted by Gasteiger charge is 2.69. The third kappa shape index (κ3) is 24.5. The van der Waals surface area contributed by atoms with Crippen molar-refractivity contribution in [2.45, 2.75) is 189 Å². The molecule has 15 rings (SSSR count).